The maximum atomic E-state index is 6.12. The molecule has 2 aromatic rings. The van der Waals surface area contributed by atoms with Crippen LogP contribution in [-0.4, -0.2) is 18.0 Å². The van der Waals surface area contributed by atoms with Crippen molar-refractivity contribution >= 4 is 11.3 Å². The predicted molar refractivity (Wildman–Crippen MR) is 75.6 cm³/mol. The summed E-state index contributed by atoms with van der Waals surface area (Å²) in [5, 5.41) is 2.09. The summed E-state index contributed by atoms with van der Waals surface area (Å²) in [7, 11) is 2.09. The summed E-state index contributed by atoms with van der Waals surface area (Å²) in [6.45, 7) is 4.79. The lowest BCUT2D eigenvalue weighted by molar-refractivity contribution is 0.198. The van der Waals surface area contributed by atoms with Gasteiger partial charge in [-0.1, -0.05) is 6.07 Å². The molecule has 3 nitrogen and oxygen atoms in total. The molecule has 0 saturated heterocycles. The first-order chi connectivity index (χ1) is 8.58. The Morgan fingerprint density at radius 1 is 1.39 bits per heavy atom. The maximum absolute atomic E-state index is 6.12. The summed E-state index contributed by atoms with van der Waals surface area (Å²) < 4.78 is 5.62. The average molecular weight is 264 g/mol. The zero-order valence-corrected chi connectivity index (χ0v) is 11.9. The second kappa shape index (κ2) is 5.69. The van der Waals surface area contributed by atoms with Crippen LogP contribution in [0.5, 0.6) is 0 Å². The minimum absolute atomic E-state index is 0.0877. The standard InChI is InChI=1S/C14H20N2OS/c1-10-6-7-12(17-10)9-16(3)14(11(2)15)13-5-4-8-18-13/h4-8,11,14H,9,15H2,1-3H3. The molecule has 2 aromatic heterocycles. The number of hydrogen-bond acceptors (Lipinski definition) is 4. The van der Waals surface area contributed by atoms with Crippen LogP contribution in [0.2, 0.25) is 0 Å². The Hall–Kier alpha value is -1.10. The van der Waals surface area contributed by atoms with Gasteiger partial charge in [0.15, 0.2) is 0 Å². The van der Waals surface area contributed by atoms with Crippen LogP contribution in [0.1, 0.15) is 29.4 Å². The van der Waals surface area contributed by atoms with Crippen LogP contribution < -0.4 is 5.73 Å². The lowest BCUT2D eigenvalue weighted by Crippen LogP contribution is -2.36. The van der Waals surface area contributed by atoms with E-state index >= 15 is 0 Å². The van der Waals surface area contributed by atoms with Crippen LogP contribution in [0, 0.1) is 6.92 Å². The van der Waals surface area contributed by atoms with Crippen molar-refractivity contribution in [1.82, 2.24) is 4.90 Å². The third-order valence-electron chi connectivity index (χ3n) is 3.01. The molecule has 4 heteroatoms. The first kappa shape index (κ1) is 13.3. The monoisotopic (exact) mass is 264 g/mol. The van der Waals surface area contributed by atoms with Crippen LogP contribution in [0.25, 0.3) is 0 Å². The fourth-order valence-corrected chi connectivity index (χ4v) is 3.26. The van der Waals surface area contributed by atoms with E-state index in [1.54, 1.807) is 11.3 Å². The van der Waals surface area contributed by atoms with E-state index in [0.717, 1.165) is 18.1 Å². The number of aryl methyl sites for hydroxylation is 1. The highest BCUT2D eigenvalue weighted by atomic mass is 32.1. The fraction of sp³-hybridized carbons (Fsp3) is 0.429. The Morgan fingerprint density at radius 2 is 2.17 bits per heavy atom. The lowest BCUT2D eigenvalue weighted by Gasteiger charge is -2.29. The quantitative estimate of drug-likeness (QED) is 0.902. The molecule has 2 atom stereocenters. The van der Waals surface area contributed by atoms with Gasteiger partial charge in [0.1, 0.15) is 11.5 Å². The first-order valence-electron chi connectivity index (χ1n) is 6.12. The van der Waals surface area contributed by atoms with Gasteiger partial charge in [-0.05, 0) is 44.5 Å². The Balaban J connectivity index is 2.11. The molecule has 2 rings (SSSR count). The smallest absolute Gasteiger partial charge is 0.118 e. The van der Waals surface area contributed by atoms with E-state index in [2.05, 4.69) is 29.5 Å². The van der Waals surface area contributed by atoms with Crippen LogP contribution in [-0.2, 0) is 6.54 Å². The van der Waals surface area contributed by atoms with E-state index in [9.17, 15) is 0 Å². The molecule has 0 aliphatic rings. The van der Waals surface area contributed by atoms with Gasteiger partial charge in [-0.15, -0.1) is 11.3 Å². The summed E-state index contributed by atoms with van der Waals surface area (Å²) in [5.74, 6) is 1.93. The minimum Gasteiger partial charge on any atom is -0.465 e. The largest absolute Gasteiger partial charge is 0.465 e. The molecule has 0 aliphatic carbocycles. The summed E-state index contributed by atoms with van der Waals surface area (Å²) in [5.41, 5.74) is 6.12. The predicted octanol–water partition coefficient (Wildman–Crippen LogP) is 3.17. The lowest BCUT2D eigenvalue weighted by atomic mass is 10.1. The third-order valence-corrected chi connectivity index (χ3v) is 3.95. The Kier molecular flexibility index (Phi) is 4.22. The number of furan rings is 1. The number of likely N-dealkylation sites (N-methyl/N-ethyl adjacent to an activating group) is 1. The molecule has 0 aliphatic heterocycles. The van der Waals surface area contributed by atoms with Gasteiger partial charge in [0, 0.05) is 10.9 Å². The highest BCUT2D eigenvalue weighted by Crippen LogP contribution is 2.27. The summed E-state index contributed by atoms with van der Waals surface area (Å²) in [6.07, 6.45) is 0. The van der Waals surface area contributed by atoms with Crippen LogP contribution in [0.3, 0.4) is 0 Å². The molecule has 0 aromatic carbocycles. The number of nitrogens with two attached hydrogens (primary N) is 1. The molecule has 18 heavy (non-hydrogen) atoms. The number of rotatable bonds is 5. The number of thiophene rings is 1. The molecule has 2 unspecified atom stereocenters. The van der Waals surface area contributed by atoms with E-state index in [4.69, 9.17) is 10.2 Å². The van der Waals surface area contributed by atoms with Crippen molar-refractivity contribution in [2.75, 3.05) is 7.05 Å². The average Bonchev–Trinajstić information content (AvgIpc) is 2.90. The minimum atomic E-state index is 0.0877. The molecule has 98 valence electrons. The molecule has 0 fully saturated rings. The van der Waals surface area contributed by atoms with Crippen molar-refractivity contribution in [3.8, 4) is 0 Å². The third kappa shape index (κ3) is 3.02. The van der Waals surface area contributed by atoms with Crippen molar-refractivity contribution in [3.05, 3.63) is 46.0 Å². The van der Waals surface area contributed by atoms with Crippen molar-refractivity contribution in [1.29, 1.82) is 0 Å². The molecule has 0 spiro atoms. The number of hydrogen-bond donors (Lipinski definition) is 1. The highest BCUT2D eigenvalue weighted by Gasteiger charge is 2.22. The molecular weight excluding hydrogens is 244 g/mol. The fourth-order valence-electron chi connectivity index (χ4n) is 2.25. The summed E-state index contributed by atoms with van der Waals surface area (Å²) in [6, 6.07) is 8.55. The Bertz CT molecular complexity index is 476. The molecule has 2 heterocycles. The second-order valence-electron chi connectivity index (χ2n) is 4.75. The summed E-state index contributed by atoms with van der Waals surface area (Å²) in [4.78, 5) is 3.55. The van der Waals surface area contributed by atoms with Crippen LogP contribution in [0.15, 0.2) is 34.1 Å². The van der Waals surface area contributed by atoms with E-state index in [-0.39, 0.29) is 12.1 Å². The zero-order valence-electron chi connectivity index (χ0n) is 11.1. The normalized spacial score (nSPS) is 14.9. The van der Waals surface area contributed by atoms with Crippen molar-refractivity contribution < 1.29 is 4.42 Å². The first-order valence-corrected chi connectivity index (χ1v) is 7.00. The van der Waals surface area contributed by atoms with E-state index in [1.165, 1.54) is 4.88 Å². The van der Waals surface area contributed by atoms with Gasteiger partial charge < -0.3 is 10.2 Å². The van der Waals surface area contributed by atoms with Crippen LogP contribution in [0.4, 0.5) is 0 Å². The summed E-state index contributed by atoms with van der Waals surface area (Å²) >= 11 is 1.75. The topological polar surface area (TPSA) is 42.4 Å². The Labute approximate surface area is 112 Å². The number of nitrogens with zero attached hydrogens (tertiary/aromatic N) is 1. The molecule has 0 amide bonds. The van der Waals surface area contributed by atoms with Gasteiger partial charge in [0.2, 0.25) is 0 Å². The van der Waals surface area contributed by atoms with Crippen molar-refractivity contribution in [2.45, 2.75) is 32.5 Å². The van der Waals surface area contributed by atoms with E-state index < -0.39 is 0 Å². The SMILES string of the molecule is Cc1ccc(CN(C)C(c2cccs2)C(C)N)o1. The van der Waals surface area contributed by atoms with E-state index in [1.807, 2.05) is 26.0 Å². The zero-order chi connectivity index (χ0) is 13.1. The Morgan fingerprint density at radius 3 is 2.67 bits per heavy atom. The highest BCUT2D eigenvalue weighted by molar-refractivity contribution is 7.10. The van der Waals surface area contributed by atoms with Crippen molar-refractivity contribution in [3.63, 3.8) is 0 Å². The van der Waals surface area contributed by atoms with Gasteiger partial charge in [-0.3, -0.25) is 4.90 Å². The molecule has 2 N–H and O–H groups in total. The molecule has 0 radical (unpaired) electrons. The van der Waals surface area contributed by atoms with Gasteiger partial charge in [0.25, 0.3) is 0 Å². The molecule has 0 bridgehead atoms. The van der Waals surface area contributed by atoms with E-state index in [0.29, 0.717) is 0 Å². The van der Waals surface area contributed by atoms with Gasteiger partial charge in [-0.25, -0.2) is 0 Å². The van der Waals surface area contributed by atoms with Crippen LogP contribution >= 0.6 is 11.3 Å². The van der Waals surface area contributed by atoms with Gasteiger partial charge >= 0.3 is 0 Å². The molecular formula is C14H20N2OS. The second-order valence-corrected chi connectivity index (χ2v) is 5.73. The maximum Gasteiger partial charge on any atom is 0.118 e. The molecule has 0 saturated carbocycles. The van der Waals surface area contributed by atoms with Crippen molar-refractivity contribution in [2.24, 2.45) is 5.73 Å². The van der Waals surface area contributed by atoms with Gasteiger partial charge in [0.05, 0.1) is 12.6 Å². The van der Waals surface area contributed by atoms with Gasteiger partial charge in [-0.2, -0.15) is 0 Å².